The molecule has 1 rings (SSSR count). The Morgan fingerprint density at radius 2 is 2.07 bits per heavy atom. The Labute approximate surface area is 90.3 Å². The van der Waals surface area contributed by atoms with E-state index in [-0.39, 0.29) is 5.41 Å². The van der Waals surface area contributed by atoms with Crippen LogP contribution in [0, 0.1) is 5.41 Å². The molecule has 0 aromatic rings. The summed E-state index contributed by atoms with van der Waals surface area (Å²) in [4.78, 5) is 23.7. The molecule has 1 atom stereocenters. The molecule has 1 saturated carbocycles. The third-order valence-electron chi connectivity index (χ3n) is 3.40. The van der Waals surface area contributed by atoms with Gasteiger partial charge < -0.3 is 10.0 Å². The fraction of sp³-hybridized carbons (Fsp3) is 0.818. The van der Waals surface area contributed by atoms with Gasteiger partial charge in [-0.15, -0.1) is 0 Å². The molecule has 1 amide bonds. The van der Waals surface area contributed by atoms with Crippen molar-refractivity contribution in [1.29, 1.82) is 0 Å². The van der Waals surface area contributed by atoms with Crippen LogP contribution >= 0.6 is 0 Å². The zero-order chi connectivity index (χ0) is 11.7. The van der Waals surface area contributed by atoms with Crippen LogP contribution in [-0.4, -0.2) is 34.5 Å². The van der Waals surface area contributed by atoms with Crippen molar-refractivity contribution in [2.24, 2.45) is 5.41 Å². The van der Waals surface area contributed by atoms with Crippen LogP contribution in [0.1, 0.15) is 40.0 Å². The highest BCUT2D eigenvalue weighted by Gasteiger charge is 2.52. The highest BCUT2D eigenvalue weighted by Crippen LogP contribution is 2.46. The molecule has 4 nitrogen and oxygen atoms in total. The summed E-state index contributed by atoms with van der Waals surface area (Å²) in [6.45, 7) is 6.36. The lowest BCUT2D eigenvalue weighted by molar-refractivity contribution is -0.155. The van der Waals surface area contributed by atoms with Gasteiger partial charge in [0.05, 0.1) is 0 Å². The van der Waals surface area contributed by atoms with Gasteiger partial charge >= 0.3 is 5.97 Å². The van der Waals surface area contributed by atoms with Gasteiger partial charge in [-0.1, -0.05) is 13.8 Å². The van der Waals surface area contributed by atoms with Gasteiger partial charge in [0.1, 0.15) is 5.54 Å². The lowest BCUT2D eigenvalue weighted by Gasteiger charge is -2.35. The van der Waals surface area contributed by atoms with Gasteiger partial charge in [-0.25, -0.2) is 4.79 Å². The molecule has 0 spiro atoms. The van der Waals surface area contributed by atoms with Crippen LogP contribution in [0.25, 0.3) is 0 Å². The number of carbonyl (C=O) groups is 2. The van der Waals surface area contributed by atoms with Crippen LogP contribution in [0.2, 0.25) is 0 Å². The van der Waals surface area contributed by atoms with E-state index in [0.717, 1.165) is 6.42 Å². The maximum atomic E-state index is 11.4. The van der Waals surface area contributed by atoms with E-state index in [9.17, 15) is 14.7 Å². The predicted octanol–water partition coefficient (Wildman–Crippen LogP) is 1.50. The topological polar surface area (TPSA) is 57.6 Å². The molecule has 0 bridgehead atoms. The number of hydrogen-bond donors (Lipinski definition) is 1. The van der Waals surface area contributed by atoms with Crippen molar-refractivity contribution in [3.8, 4) is 0 Å². The summed E-state index contributed by atoms with van der Waals surface area (Å²) in [5.41, 5.74) is -0.963. The van der Waals surface area contributed by atoms with Gasteiger partial charge in [0, 0.05) is 6.54 Å². The van der Waals surface area contributed by atoms with E-state index in [1.165, 1.54) is 4.90 Å². The van der Waals surface area contributed by atoms with Crippen LogP contribution in [0.3, 0.4) is 0 Å². The highest BCUT2D eigenvalue weighted by atomic mass is 16.4. The zero-order valence-electron chi connectivity index (χ0n) is 9.62. The van der Waals surface area contributed by atoms with E-state index in [2.05, 4.69) is 13.8 Å². The maximum Gasteiger partial charge on any atom is 0.329 e. The molecule has 15 heavy (non-hydrogen) atoms. The Hall–Kier alpha value is -1.06. The first-order chi connectivity index (χ1) is 6.88. The Bertz CT molecular complexity index is 275. The van der Waals surface area contributed by atoms with Gasteiger partial charge in [0.25, 0.3) is 0 Å². The van der Waals surface area contributed by atoms with E-state index >= 15 is 0 Å². The van der Waals surface area contributed by atoms with Crippen LogP contribution in [-0.2, 0) is 9.59 Å². The fourth-order valence-electron chi connectivity index (χ4n) is 2.54. The van der Waals surface area contributed by atoms with Crippen molar-refractivity contribution in [2.45, 2.75) is 45.6 Å². The standard InChI is InChI=1S/C11H19NO3/c1-4-12(8-13)11(9(14)15)6-5-10(2,3)7-11/h8H,4-7H2,1-3H3,(H,14,15). The SMILES string of the molecule is CCN(C=O)C1(C(=O)O)CCC(C)(C)C1. The van der Waals surface area contributed by atoms with Crippen molar-refractivity contribution in [3.63, 3.8) is 0 Å². The molecule has 1 aliphatic rings. The molecule has 1 N–H and O–H groups in total. The van der Waals surface area contributed by atoms with E-state index in [1.807, 2.05) is 6.92 Å². The minimum atomic E-state index is -0.972. The minimum absolute atomic E-state index is 0.00875. The van der Waals surface area contributed by atoms with E-state index in [1.54, 1.807) is 0 Å². The summed E-state index contributed by atoms with van der Waals surface area (Å²) in [7, 11) is 0. The van der Waals surface area contributed by atoms with Gasteiger partial charge in [-0.3, -0.25) is 4.79 Å². The Morgan fingerprint density at radius 3 is 2.33 bits per heavy atom. The average molecular weight is 213 g/mol. The van der Waals surface area contributed by atoms with Crippen LogP contribution < -0.4 is 0 Å². The molecule has 1 fully saturated rings. The monoisotopic (exact) mass is 213 g/mol. The molecular weight excluding hydrogens is 194 g/mol. The number of likely N-dealkylation sites (N-methyl/N-ethyl adjacent to an activating group) is 1. The number of carboxylic acid groups (broad SMARTS) is 1. The Morgan fingerprint density at radius 1 is 1.47 bits per heavy atom. The average Bonchev–Trinajstić information content (AvgIpc) is 2.46. The second kappa shape index (κ2) is 3.83. The molecule has 1 aliphatic carbocycles. The van der Waals surface area contributed by atoms with Gasteiger partial charge in [-0.2, -0.15) is 0 Å². The van der Waals surface area contributed by atoms with Crippen LogP contribution in [0.15, 0.2) is 0 Å². The van der Waals surface area contributed by atoms with Crippen LogP contribution in [0.5, 0.6) is 0 Å². The van der Waals surface area contributed by atoms with E-state index < -0.39 is 11.5 Å². The smallest absolute Gasteiger partial charge is 0.329 e. The number of aliphatic carboxylic acids is 1. The first kappa shape index (κ1) is 12.0. The second-order valence-electron chi connectivity index (χ2n) is 5.07. The largest absolute Gasteiger partial charge is 0.479 e. The number of amides is 1. The van der Waals surface area contributed by atoms with E-state index in [0.29, 0.717) is 25.8 Å². The molecule has 0 aliphatic heterocycles. The van der Waals surface area contributed by atoms with Gasteiger partial charge in [-0.05, 0) is 31.6 Å². The molecule has 1 unspecified atom stereocenters. The Balaban J connectivity index is 3.01. The predicted molar refractivity (Wildman–Crippen MR) is 56.4 cm³/mol. The molecule has 4 heteroatoms. The maximum absolute atomic E-state index is 11.4. The number of carbonyl (C=O) groups excluding carboxylic acids is 1. The van der Waals surface area contributed by atoms with Gasteiger partial charge in [0.2, 0.25) is 6.41 Å². The van der Waals surface area contributed by atoms with Crippen molar-refractivity contribution in [1.82, 2.24) is 4.90 Å². The number of carboxylic acids is 1. The molecule has 0 radical (unpaired) electrons. The zero-order valence-corrected chi connectivity index (χ0v) is 9.62. The second-order valence-corrected chi connectivity index (χ2v) is 5.07. The quantitative estimate of drug-likeness (QED) is 0.720. The minimum Gasteiger partial charge on any atom is -0.479 e. The summed E-state index contributed by atoms with van der Waals surface area (Å²) in [6, 6.07) is 0. The molecule has 86 valence electrons. The molecular formula is C11H19NO3. The Kier molecular flexibility index (Phi) is 3.07. The van der Waals surface area contributed by atoms with Crippen molar-refractivity contribution < 1.29 is 14.7 Å². The first-order valence-electron chi connectivity index (χ1n) is 5.33. The van der Waals surface area contributed by atoms with Crippen molar-refractivity contribution >= 4 is 12.4 Å². The number of hydrogen-bond acceptors (Lipinski definition) is 2. The fourth-order valence-corrected chi connectivity index (χ4v) is 2.54. The molecule has 0 heterocycles. The summed E-state index contributed by atoms with van der Waals surface area (Å²) in [6.07, 6.45) is 2.61. The normalized spacial score (nSPS) is 28.7. The molecule has 0 aromatic heterocycles. The van der Waals surface area contributed by atoms with Crippen molar-refractivity contribution in [3.05, 3.63) is 0 Å². The summed E-state index contributed by atoms with van der Waals surface area (Å²) in [5.74, 6) is -0.873. The summed E-state index contributed by atoms with van der Waals surface area (Å²) < 4.78 is 0. The lowest BCUT2D eigenvalue weighted by Crippen LogP contribution is -2.52. The highest BCUT2D eigenvalue weighted by molar-refractivity contribution is 5.82. The lowest BCUT2D eigenvalue weighted by atomic mass is 9.87. The molecule has 0 saturated heterocycles. The number of nitrogens with zero attached hydrogens (tertiary/aromatic N) is 1. The summed E-state index contributed by atoms with van der Waals surface area (Å²) >= 11 is 0. The van der Waals surface area contributed by atoms with E-state index in [4.69, 9.17) is 0 Å². The third-order valence-corrected chi connectivity index (χ3v) is 3.40. The first-order valence-corrected chi connectivity index (χ1v) is 5.33. The molecule has 0 aromatic carbocycles. The third kappa shape index (κ3) is 1.98. The summed E-state index contributed by atoms with van der Waals surface area (Å²) in [5, 5.41) is 9.33. The number of rotatable bonds is 4. The van der Waals surface area contributed by atoms with Crippen LogP contribution in [0.4, 0.5) is 0 Å². The van der Waals surface area contributed by atoms with Gasteiger partial charge in [0.15, 0.2) is 0 Å². The van der Waals surface area contributed by atoms with Crippen molar-refractivity contribution in [2.75, 3.05) is 6.54 Å².